The highest BCUT2D eigenvalue weighted by Gasteiger charge is 2.08. The summed E-state index contributed by atoms with van der Waals surface area (Å²) in [6, 6.07) is 0. The minimum absolute atomic E-state index is 1.02. The molecule has 0 aromatic rings. The molecule has 1 heteroatoms. The fourth-order valence-electron chi connectivity index (χ4n) is 1.15. The van der Waals surface area contributed by atoms with Crippen molar-refractivity contribution in [3.05, 3.63) is 23.3 Å². The van der Waals surface area contributed by atoms with Crippen molar-refractivity contribution in [3.8, 4) is 0 Å². The van der Waals surface area contributed by atoms with Crippen LogP contribution in [0.4, 0.5) is 0 Å². The van der Waals surface area contributed by atoms with Crippen LogP contribution in [-0.2, 0) is 0 Å². The molecule has 1 aliphatic heterocycles. The van der Waals surface area contributed by atoms with Gasteiger partial charge in [0.15, 0.2) is 0 Å². The summed E-state index contributed by atoms with van der Waals surface area (Å²) >= 11 is 0. The summed E-state index contributed by atoms with van der Waals surface area (Å²) < 4.78 is 0. The highest BCUT2D eigenvalue weighted by molar-refractivity contribution is 5.35. The summed E-state index contributed by atoms with van der Waals surface area (Å²) in [6.07, 6.45) is 0. The summed E-state index contributed by atoms with van der Waals surface area (Å²) in [5.41, 5.74) is 4.06. The van der Waals surface area contributed by atoms with Gasteiger partial charge in [0.25, 0.3) is 0 Å². The molecule has 0 saturated heterocycles. The van der Waals surface area contributed by atoms with E-state index in [9.17, 15) is 0 Å². The van der Waals surface area contributed by atoms with E-state index >= 15 is 0 Å². The van der Waals surface area contributed by atoms with E-state index in [0.717, 1.165) is 13.1 Å². The number of rotatable bonds is 1. The second-order valence-corrected chi connectivity index (χ2v) is 2.64. The van der Waals surface area contributed by atoms with Crippen LogP contribution in [0.25, 0.3) is 0 Å². The van der Waals surface area contributed by atoms with Gasteiger partial charge >= 0.3 is 0 Å². The summed E-state index contributed by atoms with van der Waals surface area (Å²) in [5, 5.41) is 3.27. The minimum Gasteiger partial charge on any atom is -0.309 e. The summed E-state index contributed by atoms with van der Waals surface area (Å²) in [5.74, 6) is 0. The van der Waals surface area contributed by atoms with Crippen LogP contribution in [0.15, 0.2) is 23.3 Å². The van der Waals surface area contributed by atoms with Crippen molar-refractivity contribution < 1.29 is 0 Å². The van der Waals surface area contributed by atoms with Gasteiger partial charge in [0.05, 0.1) is 0 Å². The van der Waals surface area contributed by atoms with Crippen LogP contribution in [0.5, 0.6) is 0 Å². The van der Waals surface area contributed by atoms with E-state index in [2.05, 4.69) is 25.7 Å². The smallest absolute Gasteiger partial charge is 0.0210 e. The first-order chi connectivity index (χ1) is 4.22. The van der Waals surface area contributed by atoms with Gasteiger partial charge in [-0.2, -0.15) is 0 Å². The van der Waals surface area contributed by atoms with E-state index in [0.29, 0.717) is 0 Å². The third kappa shape index (κ3) is 1.22. The van der Waals surface area contributed by atoms with Crippen LogP contribution in [0, 0.1) is 0 Å². The van der Waals surface area contributed by atoms with Crippen molar-refractivity contribution in [2.75, 3.05) is 13.1 Å². The standard InChI is InChI=1S/C8H13N/c1-6(2)8-5-9-4-7(8)3/h9H,1,4-5H2,2-3H3. The molecule has 0 spiro atoms. The molecule has 0 amide bonds. The van der Waals surface area contributed by atoms with E-state index < -0.39 is 0 Å². The highest BCUT2D eigenvalue weighted by Crippen LogP contribution is 2.15. The Morgan fingerprint density at radius 3 is 2.44 bits per heavy atom. The van der Waals surface area contributed by atoms with Crippen LogP contribution < -0.4 is 5.32 Å². The summed E-state index contributed by atoms with van der Waals surface area (Å²) in [7, 11) is 0. The molecular formula is C8H13N. The lowest BCUT2D eigenvalue weighted by Crippen LogP contribution is -2.08. The molecule has 1 rings (SSSR count). The molecule has 0 fully saturated rings. The molecule has 0 aromatic heterocycles. The molecule has 0 bridgehead atoms. The largest absolute Gasteiger partial charge is 0.309 e. The number of hydrogen-bond acceptors (Lipinski definition) is 1. The van der Waals surface area contributed by atoms with Crippen LogP contribution in [0.2, 0.25) is 0 Å². The first-order valence-electron chi connectivity index (χ1n) is 3.27. The van der Waals surface area contributed by atoms with Crippen molar-refractivity contribution in [3.63, 3.8) is 0 Å². The highest BCUT2D eigenvalue weighted by atomic mass is 14.9. The lowest BCUT2D eigenvalue weighted by molar-refractivity contribution is 0.865. The minimum atomic E-state index is 1.02. The van der Waals surface area contributed by atoms with E-state index in [1.165, 1.54) is 16.7 Å². The molecular weight excluding hydrogens is 110 g/mol. The summed E-state index contributed by atoms with van der Waals surface area (Å²) in [4.78, 5) is 0. The zero-order valence-corrected chi connectivity index (χ0v) is 6.12. The maximum Gasteiger partial charge on any atom is 0.0210 e. The maximum absolute atomic E-state index is 3.89. The monoisotopic (exact) mass is 123 g/mol. The molecule has 0 radical (unpaired) electrons. The Morgan fingerprint density at radius 1 is 1.56 bits per heavy atom. The molecule has 50 valence electrons. The van der Waals surface area contributed by atoms with Crippen LogP contribution in [-0.4, -0.2) is 13.1 Å². The van der Waals surface area contributed by atoms with Crippen molar-refractivity contribution >= 4 is 0 Å². The van der Waals surface area contributed by atoms with Gasteiger partial charge in [-0.05, 0) is 19.4 Å². The van der Waals surface area contributed by atoms with Gasteiger partial charge in [-0.3, -0.25) is 0 Å². The van der Waals surface area contributed by atoms with Crippen LogP contribution >= 0.6 is 0 Å². The van der Waals surface area contributed by atoms with E-state index in [1.807, 2.05) is 0 Å². The van der Waals surface area contributed by atoms with Crippen LogP contribution in [0.1, 0.15) is 13.8 Å². The Balaban J connectivity index is 2.78. The molecule has 0 atom stereocenters. The molecule has 9 heavy (non-hydrogen) atoms. The second-order valence-electron chi connectivity index (χ2n) is 2.64. The molecule has 1 aliphatic rings. The normalized spacial score (nSPS) is 18.9. The van der Waals surface area contributed by atoms with E-state index in [4.69, 9.17) is 0 Å². The van der Waals surface area contributed by atoms with Crippen LogP contribution in [0.3, 0.4) is 0 Å². The van der Waals surface area contributed by atoms with Gasteiger partial charge in [-0.15, -0.1) is 0 Å². The molecule has 0 aromatic carbocycles. The maximum atomic E-state index is 3.89. The second kappa shape index (κ2) is 2.36. The zero-order valence-electron chi connectivity index (χ0n) is 6.12. The molecule has 1 heterocycles. The van der Waals surface area contributed by atoms with E-state index in [-0.39, 0.29) is 0 Å². The predicted octanol–water partition coefficient (Wildman–Crippen LogP) is 1.48. The fourth-order valence-corrected chi connectivity index (χ4v) is 1.15. The lowest BCUT2D eigenvalue weighted by Gasteiger charge is -1.98. The van der Waals surface area contributed by atoms with Gasteiger partial charge in [-0.1, -0.05) is 17.7 Å². The molecule has 1 N–H and O–H groups in total. The van der Waals surface area contributed by atoms with Gasteiger partial charge in [0.2, 0.25) is 0 Å². The van der Waals surface area contributed by atoms with Gasteiger partial charge in [0.1, 0.15) is 0 Å². The van der Waals surface area contributed by atoms with Gasteiger partial charge in [0, 0.05) is 13.1 Å². The fraction of sp³-hybridized carbons (Fsp3) is 0.500. The molecule has 0 unspecified atom stereocenters. The molecule has 0 aliphatic carbocycles. The first kappa shape index (κ1) is 6.56. The third-order valence-corrected chi connectivity index (χ3v) is 1.72. The molecule has 0 saturated carbocycles. The first-order valence-corrected chi connectivity index (χ1v) is 3.27. The quantitative estimate of drug-likeness (QED) is 0.557. The zero-order chi connectivity index (χ0) is 6.85. The molecule has 1 nitrogen and oxygen atoms in total. The third-order valence-electron chi connectivity index (χ3n) is 1.72. The average molecular weight is 123 g/mol. The Kier molecular flexibility index (Phi) is 1.72. The number of hydrogen-bond donors (Lipinski definition) is 1. The van der Waals surface area contributed by atoms with Crippen molar-refractivity contribution in [1.82, 2.24) is 5.32 Å². The lowest BCUT2D eigenvalue weighted by atomic mass is 10.1. The topological polar surface area (TPSA) is 12.0 Å². The van der Waals surface area contributed by atoms with Gasteiger partial charge in [-0.25, -0.2) is 0 Å². The van der Waals surface area contributed by atoms with Crippen molar-refractivity contribution in [1.29, 1.82) is 0 Å². The predicted molar refractivity (Wildman–Crippen MR) is 40.4 cm³/mol. The number of nitrogens with one attached hydrogen (secondary N) is 1. The Hall–Kier alpha value is -0.560. The SMILES string of the molecule is C=C(C)C1=C(C)CNC1. The van der Waals surface area contributed by atoms with Crippen molar-refractivity contribution in [2.24, 2.45) is 0 Å². The van der Waals surface area contributed by atoms with Gasteiger partial charge < -0.3 is 5.32 Å². The summed E-state index contributed by atoms with van der Waals surface area (Å²) in [6.45, 7) is 10.2. The average Bonchev–Trinajstić information content (AvgIpc) is 2.13. The van der Waals surface area contributed by atoms with Crippen molar-refractivity contribution in [2.45, 2.75) is 13.8 Å². The Bertz CT molecular complexity index is 165. The Morgan fingerprint density at radius 2 is 2.22 bits per heavy atom. The van der Waals surface area contributed by atoms with E-state index in [1.54, 1.807) is 0 Å². The Labute approximate surface area is 56.5 Å².